The lowest BCUT2D eigenvalue weighted by molar-refractivity contribution is 0.174. The second-order valence-corrected chi connectivity index (χ2v) is 4.20. The summed E-state index contributed by atoms with van der Waals surface area (Å²) < 4.78 is 10.5. The Morgan fingerprint density at radius 1 is 1.42 bits per heavy atom. The van der Waals surface area contributed by atoms with Crippen LogP contribution in [0.2, 0.25) is 0 Å². The zero-order chi connectivity index (χ0) is 13.0. The van der Waals surface area contributed by atoms with Gasteiger partial charge in [-0.15, -0.1) is 24.0 Å². The molecule has 1 heterocycles. The standard InChI is InChI=1S/C13H17N3O2.HI/c1-9(2)6-15-13(14)16-7-10-3-4-11-12(5-10)18-8-17-11;/h3-5H,1,6-8H2,2H3,(H3,14,15,16);1H. The van der Waals surface area contributed by atoms with Crippen molar-refractivity contribution in [2.75, 3.05) is 13.3 Å². The van der Waals surface area contributed by atoms with E-state index in [-0.39, 0.29) is 30.8 Å². The van der Waals surface area contributed by atoms with Crippen molar-refractivity contribution in [1.29, 1.82) is 0 Å². The van der Waals surface area contributed by atoms with Gasteiger partial charge in [-0.3, -0.25) is 0 Å². The second-order valence-electron chi connectivity index (χ2n) is 4.20. The summed E-state index contributed by atoms with van der Waals surface area (Å²) in [5.41, 5.74) is 7.76. The smallest absolute Gasteiger partial charge is 0.231 e. The fourth-order valence-corrected chi connectivity index (χ4v) is 1.51. The SMILES string of the molecule is C=C(C)CNC(N)=NCc1ccc2c(c1)OCO2.I. The number of guanidine groups is 1. The number of aliphatic imine (C=N–C) groups is 1. The van der Waals surface area contributed by atoms with Crippen molar-refractivity contribution >= 4 is 29.9 Å². The summed E-state index contributed by atoms with van der Waals surface area (Å²) in [4.78, 5) is 4.24. The van der Waals surface area contributed by atoms with Crippen LogP contribution >= 0.6 is 24.0 Å². The summed E-state index contributed by atoms with van der Waals surface area (Å²) in [5.74, 6) is 1.95. The monoisotopic (exact) mass is 375 g/mol. The molecule has 0 fully saturated rings. The first-order valence-electron chi connectivity index (χ1n) is 5.72. The third-order valence-electron chi connectivity index (χ3n) is 2.44. The van der Waals surface area contributed by atoms with Crippen molar-refractivity contribution in [1.82, 2.24) is 5.32 Å². The van der Waals surface area contributed by atoms with Gasteiger partial charge in [-0.2, -0.15) is 0 Å². The lowest BCUT2D eigenvalue weighted by Gasteiger charge is -2.05. The maximum atomic E-state index is 5.72. The fourth-order valence-electron chi connectivity index (χ4n) is 1.51. The average Bonchev–Trinajstić information content (AvgIpc) is 2.81. The number of fused-ring (bicyclic) bond motifs is 1. The minimum absolute atomic E-state index is 0. The van der Waals surface area contributed by atoms with Crippen LogP contribution in [0.1, 0.15) is 12.5 Å². The highest BCUT2D eigenvalue weighted by Gasteiger charge is 2.12. The van der Waals surface area contributed by atoms with E-state index in [4.69, 9.17) is 15.2 Å². The van der Waals surface area contributed by atoms with Crippen LogP contribution < -0.4 is 20.5 Å². The number of rotatable bonds is 4. The number of hydrogen-bond donors (Lipinski definition) is 2. The van der Waals surface area contributed by atoms with Crippen LogP contribution in [-0.2, 0) is 6.54 Å². The zero-order valence-corrected chi connectivity index (χ0v) is 13.1. The predicted molar refractivity (Wildman–Crippen MR) is 86.1 cm³/mol. The Bertz CT molecular complexity index is 489. The molecule has 5 nitrogen and oxygen atoms in total. The van der Waals surface area contributed by atoms with E-state index in [2.05, 4.69) is 16.9 Å². The molecule has 0 radical (unpaired) electrons. The third kappa shape index (κ3) is 4.62. The quantitative estimate of drug-likeness (QED) is 0.366. The molecule has 6 heteroatoms. The lowest BCUT2D eigenvalue weighted by Crippen LogP contribution is -2.32. The molecule has 104 valence electrons. The number of ether oxygens (including phenoxy) is 2. The van der Waals surface area contributed by atoms with E-state index in [1.54, 1.807) is 0 Å². The van der Waals surface area contributed by atoms with E-state index in [0.29, 0.717) is 19.0 Å². The van der Waals surface area contributed by atoms with Crippen molar-refractivity contribution < 1.29 is 9.47 Å². The molecule has 0 unspecified atom stereocenters. The van der Waals surface area contributed by atoms with Gasteiger partial charge in [-0.25, -0.2) is 4.99 Å². The Morgan fingerprint density at radius 2 is 2.16 bits per heavy atom. The van der Waals surface area contributed by atoms with Gasteiger partial charge in [0.1, 0.15) is 0 Å². The molecule has 19 heavy (non-hydrogen) atoms. The molecule has 2 rings (SSSR count). The van der Waals surface area contributed by atoms with Gasteiger partial charge in [0.15, 0.2) is 17.5 Å². The number of halogens is 1. The Balaban J connectivity index is 0.00000180. The molecular weight excluding hydrogens is 357 g/mol. The molecule has 0 spiro atoms. The minimum atomic E-state index is 0. The molecule has 3 N–H and O–H groups in total. The van der Waals surface area contributed by atoms with Gasteiger partial charge in [0.2, 0.25) is 6.79 Å². The normalized spacial score (nSPS) is 12.8. The summed E-state index contributed by atoms with van der Waals surface area (Å²) in [6, 6.07) is 5.74. The maximum absolute atomic E-state index is 5.72. The highest BCUT2D eigenvalue weighted by Crippen LogP contribution is 2.32. The minimum Gasteiger partial charge on any atom is -0.454 e. The molecule has 0 saturated carbocycles. The van der Waals surface area contributed by atoms with Gasteiger partial charge in [-0.05, 0) is 24.6 Å². The van der Waals surface area contributed by atoms with Gasteiger partial charge < -0.3 is 20.5 Å². The predicted octanol–water partition coefficient (Wildman–Crippen LogP) is 2.01. The number of hydrogen-bond acceptors (Lipinski definition) is 3. The fraction of sp³-hybridized carbons (Fsp3) is 0.308. The largest absolute Gasteiger partial charge is 0.454 e. The summed E-state index contributed by atoms with van der Waals surface area (Å²) in [6.45, 7) is 7.13. The number of benzene rings is 1. The Kier molecular flexibility index (Phi) is 5.94. The van der Waals surface area contributed by atoms with Gasteiger partial charge in [0.05, 0.1) is 6.54 Å². The van der Waals surface area contributed by atoms with E-state index in [0.717, 1.165) is 22.6 Å². The highest BCUT2D eigenvalue weighted by atomic mass is 127. The van der Waals surface area contributed by atoms with E-state index in [9.17, 15) is 0 Å². The van der Waals surface area contributed by atoms with E-state index < -0.39 is 0 Å². The molecule has 0 aromatic heterocycles. The van der Waals surface area contributed by atoms with Crippen molar-refractivity contribution in [2.45, 2.75) is 13.5 Å². The maximum Gasteiger partial charge on any atom is 0.231 e. The zero-order valence-electron chi connectivity index (χ0n) is 10.8. The molecule has 0 saturated heterocycles. The molecular formula is C13H18IN3O2. The summed E-state index contributed by atoms with van der Waals surface area (Å²) in [6.07, 6.45) is 0. The molecule has 0 bridgehead atoms. The van der Waals surface area contributed by atoms with E-state index >= 15 is 0 Å². The Morgan fingerprint density at radius 3 is 2.89 bits per heavy atom. The number of nitrogens with zero attached hydrogens (tertiary/aromatic N) is 1. The van der Waals surface area contributed by atoms with Gasteiger partial charge in [-0.1, -0.05) is 18.2 Å². The lowest BCUT2D eigenvalue weighted by atomic mass is 10.2. The molecule has 0 aliphatic carbocycles. The first-order chi connectivity index (χ1) is 8.65. The van der Waals surface area contributed by atoms with Crippen LogP contribution in [0, 0.1) is 0 Å². The van der Waals surface area contributed by atoms with E-state index in [1.165, 1.54) is 0 Å². The van der Waals surface area contributed by atoms with Gasteiger partial charge in [0, 0.05) is 6.54 Å². The molecule has 1 aromatic rings. The van der Waals surface area contributed by atoms with Crippen LogP contribution in [0.4, 0.5) is 0 Å². The molecule has 1 aliphatic heterocycles. The van der Waals surface area contributed by atoms with Crippen LogP contribution in [0.25, 0.3) is 0 Å². The summed E-state index contributed by atoms with van der Waals surface area (Å²) >= 11 is 0. The van der Waals surface area contributed by atoms with Crippen molar-refractivity contribution in [3.63, 3.8) is 0 Å². The van der Waals surface area contributed by atoms with Gasteiger partial charge >= 0.3 is 0 Å². The molecule has 0 atom stereocenters. The average molecular weight is 375 g/mol. The molecule has 0 amide bonds. The van der Waals surface area contributed by atoms with Crippen molar-refractivity contribution in [3.8, 4) is 11.5 Å². The molecule has 1 aromatic carbocycles. The first-order valence-corrected chi connectivity index (χ1v) is 5.72. The summed E-state index contributed by atoms with van der Waals surface area (Å²) in [5, 5.41) is 2.98. The van der Waals surface area contributed by atoms with Crippen LogP contribution in [0.3, 0.4) is 0 Å². The Labute approximate surface area is 129 Å². The van der Waals surface area contributed by atoms with Crippen LogP contribution in [0.15, 0.2) is 35.3 Å². The van der Waals surface area contributed by atoms with Crippen LogP contribution in [0.5, 0.6) is 11.5 Å². The summed E-state index contributed by atoms with van der Waals surface area (Å²) in [7, 11) is 0. The molecule has 1 aliphatic rings. The van der Waals surface area contributed by atoms with Crippen molar-refractivity contribution in [2.24, 2.45) is 10.7 Å². The number of nitrogens with two attached hydrogens (primary N) is 1. The number of nitrogens with one attached hydrogen (secondary N) is 1. The third-order valence-corrected chi connectivity index (χ3v) is 2.44. The van der Waals surface area contributed by atoms with Crippen molar-refractivity contribution in [3.05, 3.63) is 35.9 Å². The van der Waals surface area contributed by atoms with Gasteiger partial charge in [0.25, 0.3) is 0 Å². The van der Waals surface area contributed by atoms with E-state index in [1.807, 2.05) is 25.1 Å². The topological polar surface area (TPSA) is 68.9 Å². The first kappa shape index (κ1) is 15.6. The van der Waals surface area contributed by atoms with Crippen LogP contribution in [-0.4, -0.2) is 19.3 Å². The highest BCUT2D eigenvalue weighted by molar-refractivity contribution is 14.0. The second kappa shape index (κ2) is 7.22. The Hall–Kier alpha value is -1.44.